The number of ether oxygens (including phenoxy) is 1. The van der Waals surface area contributed by atoms with Gasteiger partial charge in [-0.1, -0.05) is 34.1 Å². The van der Waals surface area contributed by atoms with Gasteiger partial charge in [0.25, 0.3) is 0 Å². The van der Waals surface area contributed by atoms with Crippen LogP contribution in [0.3, 0.4) is 0 Å². The number of carbonyl (C=O) groups excluding carboxylic acids is 1. The molecule has 2 heterocycles. The van der Waals surface area contributed by atoms with E-state index in [9.17, 15) is 4.79 Å². The van der Waals surface area contributed by atoms with Crippen molar-refractivity contribution in [3.63, 3.8) is 0 Å². The van der Waals surface area contributed by atoms with E-state index in [1.807, 2.05) is 30.3 Å². The second-order valence-corrected chi connectivity index (χ2v) is 5.49. The van der Waals surface area contributed by atoms with Gasteiger partial charge in [0.05, 0.1) is 12.5 Å². The van der Waals surface area contributed by atoms with Gasteiger partial charge >= 0.3 is 0 Å². The van der Waals surface area contributed by atoms with Gasteiger partial charge in [0.15, 0.2) is 0 Å². The summed E-state index contributed by atoms with van der Waals surface area (Å²) in [6.07, 6.45) is 2.33. The predicted octanol–water partition coefficient (Wildman–Crippen LogP) is 3.35. The zero-order valence-corrected chi connectivity index (χ0v) is 12.3. The average Bonchev–Trinajstić information content (AvgIpc) is 2.46. The summed E-state index contributed by atoms with van der Waals surface area (Å²) in [4.78, 5) is 16.6. The third-order valence-electron chi connectivity index (χ3n) is 3.25. The first-order valence-electron chi connectivity index (χ1n) is 6.38. The number of fused-ring (bicyclic) bond motifs is 1. The number of carbonyl (C=O) groups is 1. The van der Waals surface area contributed by atoms with Crippen molar-refractivity contribution in [1.82, 2.24) is 4.98 Å². The number of hydrogen-bond acceptors (Lipinski definition) is 3. The van der Waals surface area contributed by atoms with Gasteiger partial charge in [0.1, 0.15) is 11.6 Å². The van der Waals surface area contributed by atoms with E-state index >= 15 is 0 Å². The predicted molar refractivity (Wildman–Crippen MR) is 79.9 cm³/mol. The Labute approximate surface area is 125 Å². The molecule has 1 aromatic carbocycles. The molecule has 3 rings (SSSR count). The minimum atomic E-state index is -0.194. The van der Waals surface area contributed by atoms with Crippen LogP contribution in [0, 0.1) is 0 Å². The molecule has 0 spiro atoms. The summed E-state index contributed by atoms with van der Waals surface area (Å²) in [5.41, 5.74) is 0.936. The standard InChI is InChI=1S/C15H13BrN2O2/c16-10-5-7-17-14(9-10)18-15(19)12-6-8-20-13-4-2-1-3-11(12)13/h1-5,7,9,12H,6,8H2,(H,17,18,19). The Morgan fingerprint density at radius 1 is 1.35 bits per heavy atom. The van der Waals surface area contributed by atoms with Gasteiger partial charge in [-0.3, -0.25) is 4.79 Å². The Morgan fingerprint density at radius 3 is 3.05 bits per heavy atom. The van der Waals surface area contributed by atoms with E-state index in [1.54, 1.807) is 12.3 Å². The van der Waals surface area contributed by atoms with Gasteiger partial charge in [0.2, 0.25) is 5.91 Å². The summed E-state index contributed by atoms with van der Waals surface area (Å²) in [5.74, 6) is 1.10. The lowest BCUT2D eigenvalue weighted by molar-refractivity contribution is -0.118. The molecule has 1 unspecified atom stereocenters. The first-order chi connectivity index (χ1) is 9.74. The molecule has 0 radical (unpaired) electrons. The van der Waals surface area contributed by atoms with Crippen LogP contribution in [0.4, 0.5) is 5.82 Å². The molecule has 2 aromatic rings. The number of benzene rings is 1. The van der Waals surface area contributed by atoms with Gasteiger partial charge in [-0.25, -0.2) is 4.98 Å². The van der Waals surface area contributed by atoms with Crippen molar-refractivity contribution in [2.45, 2.75) is 12.3 Å². The molecular weight excluding hydrogens is 320 g/mol. The zero-order chi connectivity index (χ0) is 13.9. The van der Waals surface area contributed by atoms with Crippen LogP contribution in [-0.2, 0) is 4.79 Å². The number of pyridine rings is 1. The first-order valence-corrected chi connectivity index (χ1v) is 7.17. The third-order valence-corrected chi connectivity index (χ3v) is 3.74. The maximum Gasteiger partial charge on any atom is 0.233 e. The van der Waals surface area contributed by atoms with Gasteiger partial charge in [-0.2, -0.15) is 0 Å². The number of amides is 1. The van der Waals surface area contributed by atoms with E-state index in [2.05, 4.69) is 26.2 Å². The number of anilines is 1. The van der Waals surface area contributed by atoms with E-state index in [0.717, 1.165) is 15.8 Å². The molecule has 1 N–H and O–H groups in total. The minimum absolute atomic E-state index is 0.0497. The molecule has 0 saturated heterocycles. The molecule has 1 aliphatic rings. The van der Waals surface area contributed by atoms with Crippen LogP contribution in [0.1, 0.15) is 17.9 Å². The average molecular weight is 333 g/mol. The quantitative estimate of drug-likeness (QED) is 0.917. The highest BCUT2D eigenvalue weighted by molar-refractivity contribution is 9.10. The molecule has 0 fully saturated rings. The lowest BCUT2D eigenvalue weighted by Crippen LogP contribution is -2.26. The molecule has 0 bridgehead atoms. The molecule has 4 nitrogen and oxygen atoms in total. The van der Waals surface area contributed by atoms with Gasteiger partial charge in [0, 0.05) is 16.2 Å². The Hall–Kier alpha value is -1.88. The van der Waals surface area contributed by atoms with Crippen molar-refractivity contribution < 1.29 is 9.53 Å². The van der Waals surface area contributed by atoms with E-state index in [1.165, 1.54) is 0 Å². The molecule has 1 aromatic heterocycles. The number of nitrogens with one attached hydrogen (secondary N) is 1. The summed E-state index contributed by atoms with van der Waals surface area (Å²) in [7, 11) is 0. The molecule has 102 valence electrons. The normalized spacial score (nSPS) is 16.9. The van der Waals surface area contributed by atoms with Crippen molar-refractivity contribution in [1.29, 1.82) is 0 Å². The van der Waals surface area contributed by atoms with Gasteiger partial charge < -0.3 is 10.1 Å². The van der Waals surface area contributed by atoms with E-state index in [-0.39, 0.29) is 11.8 Å². The lowest BCUT2D eigenvalue weighted by Gasteiger charge is -2.24. The maximum atomic E-state index is 12.4. The second kappa shape index (κ2) is 5.63. The smallest absolute Gasteiger partial charge is 0.233 e. The van der Waals surface area contributed by atoms with Crippen LogP contribution in [0.2, 0.25) is 0 Å². The van der Waals surface area contributed by atoms with Crippen molar-refractivity contribution in [3.05, 3.63) is 52.6 Å². The van der Waals surface area contributed by atoms with Crippen LogP contribution < -0.4 is 10.1 Å². The number of aromatic nitrogens is 1. The van der Waals surface area contributed by atoms with Gasteiger partial charge in [-0.15, -0.1) is 0 Å². The molecule has 5 heteroatoms. The summed E-state index contributed by atoms with van der Waals surface area (Å²) in [6, 6.07) is 11.3. The van der Waals surface area contributed by atoms with Crippen molar-refractivity contribution in [3.8, 4) is 5.75 Å². The molecule has 1 atom stereocenters. The van der Waals surface area contributed by atoms with Crippen molar-refractivity contribution in [2.24, 2.45) is 0 Å². The number of rotatable bonds is 2. The van der Waals surface area contributed by atoms with Crippen LogP contribution in [0.25, 0.3) is 0 Å². The van der Waals surface area contributed by atoms with Crippen LogP contribution in [-0.4, -0.2) is 17.5 Å². The van der Waals surface area contributed by atoms with E-state index < -0.39 is 0 Å². The number of halogens is 1. The largest absolute Gasteiger partial charge is 0.493 e. The Bertz CT molecular complexity index is 645. The first kappa shape index (κ1) is 13.1. The summed E-state index contributed by atoms with van der Waals surface area (Å²) >= 11 is 3.36. The fraction of sp³-hybridized carbons (Fsp3) is 0.200. The zero-order valence-electron chi connectivity index (χ0n) is 10.7. The Kier molecular flexibility index (Phi) is 3.69. The van der Waals surface area contributed by atoms with E-state index in [4.69, 9.17) is 4.74 Å². The minimum Gasteiger partial charge on any atom is -0.493 e. The molecule has 20 heavy (non-hydrogen) atoms. The van der Waals surface area contributed by atoms with Gasteiger partial charge in [-0.05, 0) is 24.6 Å². The molecule has 1 amide bonds. The van der Waals surface area contributed by atoms with Crippen LogP contribution in [0.5, 0.6) is 5.75 Å². The highest BCUT2D eigenvalue weighted by Gasteiger charge is 2.27. The summed E-state index contributed by atoms with van der Waals surface area (Å²) < 4.78 is 6.45. The van der Waals surface area contributed by atoms with E-state index in [0.29, 0.717) is 18.8 Å². The van der Waals surface area contributed by atoms with Crippen molar-refractivity contribution >= 4 is 27.7 Å². The fourth-order valence-electron chi connectivity index (χ4n) is 2.30. The summed E-state index contributed by atoms with van der Waals surface area (Å²) in [6.45, 7) is 0.557. The highest BCUT2D eigenvalue weighted by Crippen LogP contribution is 2.34. The summed E-state index contributed by atoms with van der Waals surface area (Å²) in [5, 5.41) is 2.86. The topological polar surface area (TPSA) is 51.2 Å². The maximum absolute atomic E-state index is 12.4. The number of para-hydroxylation sites is 1. The molecular formula is C15H13BrN2O2. The van der Waals surface area contributed by atoms with Crippen molar-refractivity contribution in [2.75, 3.05) is 11.9 Å². The second-order valence-electron chi connectivity index (χ2n) is 4.58. The van der Waals surface area contributed by atoms with Crippen LogP contribution >= 0.6 is 15.9 Å². The molecule has 1 aliphatic heterocycles. The Balaban J connectivity index is 1.82. The third kappa shape index (κ3) is 2.67. The highest BCUT2D eigenvalue weighted by atomic mass is 79.9. The lowest BCUT2D eigenvalue weighted by atomic mass is 9.92. The van der Waals surface area contributed by atoms with Crippen LogP contribution in [0.15, 0.2) is 47.1 Å². The fourth-order valence-corrected chi connectivity index (χ4v) is 2.64. The molecule has 0 aliphatic carbocycles. The molecule has 0 saturated carbocycles. The number of hydrogen-bond donors (Lipinski definition) is 1. The SMILES string of the molecule is O=C(Nc1cc(Br)ccn1)C1CCOc2ccccc21. The number of nitrogens with zero attached hydrogens (tertiary/aromatic N) is 1. The Morgan fingerprint density at radius 2 is 2.20 bits per heavy atom. The monoisotopic (exact) mass is 332 g/mol.